The normalized spacial score (nSPS) is 13.1. The molecule has 34 heavy (non-hydrogen) atoms. The van der Waals surface area contributed by atoms with Crippen LogP contribution in [0, 0.1) is 0 Å². The molecule has 0 bridgehead atoms. The number of carboxylic acids is 2. The molecule has 10 N–H and O–H groups in total. The van der Waals surface area contributed by atoms with E-state index < -0.39 is 73.1 Å². The molecule has 0 fully saturated rings. The Morgan fingerprint density at radius 1 is 0.853 bits per heavy atom. The van der Waals surface area contributed by atoms with Crippen LogP contribution >= 0.6 is 0 Å². The molecule has 0 saturated carbocycles. The Kier molecular flexibility index (Phi) is 10.9. The standard InChI is InChI=1S/C20H27N5O9/c21-9-16(28)23-12(5-6-17(29)30)18(31)24-13(8-15(22)27)19(32)25-14(20(33)34)7-10-1-3-11(26)4-2-10/h1-4,12-14,26H,5-9,21H2,(H2,22,27)(H,23,28)(H,24,31)(H,25,32)(H,29,30)(H,33,34). The molecule has 0 heterocycles. The van der Waals surface area contributed by atoms with Crippen molar-refractivity contribution in [3.8, 4) is 5.75 Å². The van der Waals surface area contributed by atoms with Gasteiger partial charge in [-0.3, -0.25) is 24.0 Å². The Hall–Kier alpha value is -4.20. The Morgan fingerprint density at radius 2 is 1.41 bits per heavy atom. The first-order chi connectivity index (χ1) is 15.9. The van der Waals surface area contributed by atoms with Gasteiger partial charge in [-0.1, -0.05) is 12.1 Å². The molecule has 1 rings (SSSR count). The summed E-state index contributed by atoms with van der Waals surface area (Å²) in [4.78, 5) is 70.8. The second kappa shape index (κ2) is 13.4. The van der Waals surface area contributed by atoms with Gasteiger partial charge in [0.1, 0.15) is 23.9 Å². The van der Waals surface area contributed by atoms with Gasteiger partial charge in [0.15, 0.2) is 0 Å². The zero-order valence-electron chi connectivity index (χ0n) is 18.0. The maximum Gasteiger partial charge on any atom is 0.326 e. The first-order valence-corrected chi connectivity index (χ1v) is 10.0. The lowest BCUT2D eigenvalue weighted by atomic mass is 10.0. The number of amides is 4. The third-order valence-electron chi connectivity index (χ3n) is 4.51. The van der Waals surface area contributed by atoms with Crippen LogP contribution in [0.5, 0.6) is 5.75 Å². The van der Waals surface area contributed by atoms with E-state index in [2.05, 4.69) is 16.0 Å². The minimum Gasteiger partial charge on any atom is -0.508 e. The third-order valence-corrected chi connectivity index (χ3v) is 4.51. The Morgan fingerprint density at radius 3 is 1.91 bits per heavy atom. The zero-order chi connectivity index (χ0) is 25.8. The number of rotatable bonds is 14. The molecule has 0 aliphatic rings. The lowest BCUT2D eigenvalue weighted by molar-refractivity contribution is -0.142. The molecular formula is C20H27N5O9. The fourth-order valence-corrected chi connectivity index (χ4v) is 2.81. The van der Waals surface area contributed by atoms with Crippen LogP contribution in [-0.2, 0) is 35.2 Å². The van der Waals surface area contributed by atoms with Crippen molar-refractivity contribution in [1.82, 2.24) is 16.0 Å². The van der Waals surface area contributed by atoms with E-state index in [9.17, 15) is 39.0 Å². The first-order valence-electron chi connectivity index (χ1n) is 10.0. The molecule has 3 atom stereocenters. The second-order valence-corrected chi connectivity index (χ2v) is 7.26. The van der Waals surface area contributed by atoms with Crippen LogP contribution < -0.4 is 27.4 Å². The number of nitrogens with two attached hydrogens (primary N) is 2. The lowest BCUT2D eigenvalue weighted by Crippen LogP contribution is -2.57. The van der Waals surface area contributed by atoms with Crippen molar-refractivity contribution in [1.29, 1.82) is 0 Å². The van der Waals surface area contributed by atoms with Crippen LogP contribution in [0.2, 0.25) is 0 Å². The molecule has 4 amide bonds. The average Bonchev–Trinajstić information content (AvgIpc) is 2.76. The average molecular weight is 481 g/mol. The number of carbonyl (C=O) groups excluding carboxylic acids is 4. The van der Waals surface area contributed by atoms with Gasteiger partial charge in [-0.2, -0.15) is 0 Å². The van der Waals surface area contributed by atoms with Gasteiger partial charge in [-0.05, 0) is 24.1 Å². The first kappa shape index (κ1) is 27.8. The molecular weight excluding hydrogens is 454 g/mol. The molecule has 0 radical (unpaired) electrons. The van der Waals surface area contributed by atoms with Gasteiger partial charge >= 0.3 is 11.9 Å². The maximum atomic E-state index is 12.7. The van der Waals surface area contributed by atoms with E-state index in [0.717, 1.165) is 0 Å². The minimum atomic E-state index is -1.60. The van der Waals surface area contributed by atoms with E-state index in [1.807, 2.05) is 0 Å². The quantitative estimate of drug-likeness (QED) is 0.135. The maximum absolute atomic E-state index is 12.7. The molecule has 0 aliphatic carbocycles. The number of carboxylic acid groups (broad SMARTS) is 2. The summed E-state index contributed by atoms with van der Waals surface area (Å²) >= 11 is 0. The summed E-state index contributed by atoms with van der Waals surface area (Å²) < 4.78 is 0. The van der Waals surface area contributed by atoms with E-state index in [-0.39, 0.29) is 18.6 Å². The van der Waals surface area contributed by atoms with Crippen LogP contribution in [0.4, 0.5) is 0 Å². The Labute approximate surface area is 193 Å². The fourth-order valence-electron chi connectivity index (χ4n) is 2.81. The van der Waals surface area contributed by atoms with Crippen molar-refractivity contribution in [3.63, 3.8) is 0 Å². The van der Waals surface area contributed by atoms with Gasteiger partial charge in [-0.25, -0.2) is 4.79 Å². The summed E-state index contributed by atoms with van der Waals surface area (Å²) in [5.74, 6) is -6.47. The van der Waals surface area contributed by atoms with Crippen LogP contribution in [0.3, 0.4) is 0 Å². The summed E-state index contributed by atoms with van der Waals surface area (Å²) in [7, 11) is 0. The number of phenols is 1. The molecule has 0 aliphatic heterocycles. The highest BCUT2D eigenvalue weighted by atomic mass is 16.4. The van der Waals surface area contributed by atoms with Crippen LogP contribution in [0.15, 0.2) is 24.3 Å². The number of carbonyl (C=O) groups is 6. The number of phenolic OH excluding ortho intramolecular Hbond substituents is 1. The van der Waals surface area contributed by atoms with Gasteiger partial charge in [0.2, 0.25) is 23.6 Å². The number of primary amides is 1. The summed E-state index contributed by atoms with van der Waals surface area (Å²) in [6.45, 7) is -0.487. The van der Waals surface area contributed by atoms with Crippen LogP contribution in [0.25, 0.3) is 0 Å². The highest BCUT2D eigenvalue weighted by molar-refractivity contribution is 5.96. The molecule has 1 aromatic rings. The molecule has 14 nitrogen and oxygen atoms in total. The number of aliphatic carboxylic acids is 2. The predicted octanol–water partition coefficient (Wildman–Crippen LogP) is -2.83. The van der Waals surface area contributed by atoms with Crippen molar-refractivity contribution in [2.45, 2.75) is 43.8 Å². The topological polar surface area (TPSA) is 251 Å². The van der Waals surface area contributed by atoms with E-state index in [1.54, 1.807) is 0 Å². The molecule has 0 spiro atoms. The molecule has 14 heteroatoms. The van der Waals surface area contributed by atoms with Crippen molar-refractivity contribution in [2.24, 2.45) is 11.5 Å². The number of aromatic hydroxyl groups is 1. The number of hydrogen-bond donors (Lipinski definition) is 8. The number of benzene rings is 1. The monoisotopic (exact) mass is 481 g/mol. The molecule has 1 aromatic carbocycles. The van der Waals surface area contributed by atoms with E-state index in [4.69, 9.17) is 16.6 Å². The summed E-state index contributed by atoms with van der Waals surface area (Å²) in [5, 5.41) is 34.3. The Bertz CT molecular complexity index is 920. The smallest absolute Gasteiger partial charge is 0.326 e. The van der Waals surface area contributed by atoms with E-state index >= 15 is 0 Å². The third kappa shape index (κ3) is 9.95. The lowest BCUT2D eigenvalue weighted by Gasteiger charge is -2.23. The molecule has 0 saturated heterocycles. The highest BCUT2D eigenvalue weighted by Crippen LogP contribution is 2.12. The summed E-state index contributed by atoms with van der Waals surface area (Å²) in [6, 6.07) is 1.12. The predicted molar refractivity (Wildman–Crippen MR) is 115 cm³/mol. The number of hydrogen-bond acceptors (Lipinski definition) is 8. The Balaban J connectivity index is 2.99. The van der Waals surface area contributed by atoms with Gasteiger partial charge in [0.25, 0.3) is 0 Å². The summed E-state index contributed by atoms with van der Waals surface area (Å²) in [6.07, 6.45) is -1.70. The van der Waals surface area contributed by atoms with Crippen molar-refractivity contribution in [2.75, 3.05) is 6.54 Å². The highest BCUT2D eigenvalue weighted by Gasteiger charge is 2.30. The van der Waals surface area contributed by atoms with Crippen molar-refractivity contribution < 1.29 is 44.1 Å². The second-order valence-electron chi connectivity index (χ2n) is 7.26. The largest absolute Gasteiger partial charge is 0.508 e. The van der Waals surface area contributed by atoms with Gasteiger partial charge in [-0.15, -0.1) is 0 Å². The van der Waals surface area contributed by atoms with E-state index in [1.165, 1.54) is 24.3 Å². The van der Waals surface area contributed by atoms with Gasteiger partial charge < -0.3 is 42.7 Å². The molecule has 3 unspecified atom stereocenters. The van der Waals surface area contributed by atoms with Crippen LogP contribution in [-0.4, -0.2) is 75.6 Å². The van der Waals surface area contributed by atoms with Crippen molar-refractivity contribution in [3.05, 3.63) is 29.8 Å². The minimum absolute atomic E-state index is 0.0388. The van der Waals surface area contributed by atoms with Crippen molar-refractivity contribution >= 4 is 35.6 Å². The number of nitrogens with one attached hydrogen (secondary N) is 3. The summed E-state index contributed by atoms with van der Waals surface area (Å²) in [5.41, 5.74) is 10.8. The van der Waals surface area contributed by atoms with Gasteiger partial charge in [0, 0.05) is 12.8 Å². The fraction of sp³-hybridized carbons (Fsp3) is 0.400. The molecule has 0 aromatic heterocycles. The van der Waals surface area contributed by atoms with Crippen LogP contribution in [0.1, 0.15) is 24.8 Å². The van der Waals surface area contributed by atoms with E-state index in [0.29, 0.717) is 5.56 Å². The van der Waals surface area contributed by atoms with Gasteiger partial charge in [0.05, 0.1) is 13.0 Å². The zero-order valence-corrected chi connectivity index (χ0v) is 18.0. The SMILES string of the molecule is NCC(=O)NC(CCC(=O)O)C(=O)NC(CC(N)=O)C(=O)NC(Cc1ccc(O)cc1)C(=O)O. The molecule has 186 valence electrons.